The molecule has 3 aromatic heterocycles. The SMILES string of the molecule is CNc1cc(N2CCc3c(-c4ccc(C=O)cn4)cc(F)cc32)nn2c(C(=O)N[C@@H]3C[C@@H]3F)cnc12.O=C(O)C(F)(F)F. The highest BCUT2D eigenvalue weighted by atomic mass is 19.4. The first-order valence-electron chi connectivity index (χ1n) is 12.7. The zero-order valence-corrected chi connectivity index (χ0v) is 22.2. The number of anilines is 3. The third-order valence-corrected chi connectivity index (χ3v) is 6.77. The van der Waals surface area contributed by atoms with Gasteiger partial charge in [0.2, 0.25) is 0 Å². The smallest absolute Gasteiger partial charge is 0.475 e. The molecular weight excluding hydrogens is 581 g/mol. The molecule has 224 valence electrons. The van der Waals surface area contributed by atoms with E-state index in [4.69, 9.17) is 9.90 Å². The number of pyridine rings is 1. The minimum atomic E-state index is -5.08. The predicted octanol–water partition coefficient (Wildman–Crippen LogP) is 3.95. The van der Waals surface area contributed by atoms with Crippen LogP contribution in [0.5, 0.6) is 0 Å². The Bertz CT molecular complexity index is 1730. The standard InChI is InChI=1S/C25H21F2N7O2.C2HF3O2/c1-28-20-9-23(32-34-22(11-30-24(20)34)25(36)31-19-8-17(19)27)33-5-4-15-16(6-14(26)7-21(15)33)18-3-2-13(12-35)10-29-18;3-2(4,5)1(6)7/h2-3,6-7,9-12,17,19,28H,4-5,8H2,1H3,(H,31,36);(H,6,7)/t17-,19+;/m0./s1. The van der Waals surface area contributed by atoms with Gasteiger partial charge in [-0.05, 0) is 36.2 Å². The maximum absolute atomic E-state index is 14.8. The van der Waals surface area contributed by atoms with Gasteiger partial charge in [-0.25, -0.2) is 23.1 Å². The number of carbonyl (C=O) groups excluding carboxylic acids is 2. The highest BCUT2D eigenvalue weighted by molar-refractivity contribution is 5.94. The Morgan fingerprint density at radius 1 is 1.14 bits per heavy atom. The molecule has 2 atom stereocenters. The summed E-state index contributed by atoms with van der Waals surface area (Å²) >= 11 is 0. The molecule has 11 nitrogen and oxygen atoms in total. The summed E-state index contributed by atoms with van der Waals surface area (Å²) in [6, 6.07) is 7.53. The van der Waals surface area contributed by atoms with Crippen molar-refractivity contribution in [2.75, 3.05) is 23.8 Å². The molecule has 16 heteroatoms. The minimum Gasteiger partial charge on any atom is -0.475 e. The summed E-state index contributed by atoms with van der Waals surface area (Å²) in [5, 5.41) is 17.5. The van der Waals surface area contributed by atoms with Gasteiger partial charge in [0, 0.05) is 49.1 Å². The molecule has 3 N–H and O–H groups in total. The number of amides is 1. The zero-order valence-electron chi connectivity index (χ0n) is 22.2. The van der Waals surface area contributed by atoms with E-state index in [0.29, 0.717) is 65.3 Å². The van der Waals surface area contributed by atoms with E-state index in [-0.39, 0.29) is 5.69 Å². The Hall–Kier alpha value is -5.15. The maximum Gasteiger partial charge on any atom is 0.490 e. The van der Waals surface area contributed by atoms with Crippen LogP contribution in [-0.4, -0.2) is 74.8 Å². The lowest BCUT2D eigenvalue weighted by molar-refractivity contribution is -0.192. The molecule has 1 aliphatic heterocycles. The zero-order chi connectivity index (χ0) is 31.1. The third kappa shape index (κ3) is 5.93. The highest BCUT2D eigenvalue weighted by Crippen LogP contribution is 2.40. The maximum atomic E-state index is 14.8. The van der Waals surface area contributed by atoms with E-state index in [1.54, 1.807) is 25.2 Å². The van der Waals surface area contributed by atoms with Crippen molar-refractivity contribution in [3.05, 3.63) is 65.4 Å². The number of aromatic nitrogens is 4. The van der Waals surface area contributed by atoms with Gasteiger partial charge < -0.3 is 20.6 Å². The average molecular weight is 604 g/mol. The van der Waals surface area contributed by atoms with Crippen molar-refractivity contribution in [3.63, 3.8) is 0 Å². The largest absolute Gasteiger partial charge is 0.490 e. The van der Waals surface area contributed by atoms with E-state index in [9.17, 15) is 31.5 Å². The van der Waals surface area contributed by atoms with E-state index in [1.165, 1.54) is 29.0 Å². The average Bonchev–Trinajstić information content (AvgIpc) is 3.33. The molecule has 4 heterocycles. The van der Waals surface area contributed by atoms with Gasteiger partial charge in [0.1, 0.15) is 12.0 Å². The van der Waals surface area contributed by atoms with Crippen molar-refractivity contribution in [1.82, 2.24) is 24.9 Å². The number of halogens is 5. The van der Waals surface area contributed by atoms with Gasteiger partial charge in [-0.3, -0.25) is 14.6 Å². The van der Waals surface area contributed by atoms with Crippen LogP contribution in [0.25, 0.3) is 16.9 Å². The first kappa shape index (κ1) is 29.3. The Morgan fingerprint density at radius 3 is 2.44 bits per heavy atom. The van der Waals surface area contributed by atoms with E-state index >= 15 is 0 Å². The summed E-state index contributed by atoms with van der Waals surface area (Å²) in [7, 11) is 1.73. The summed E-state index contributed by atoms with van der Waals surface area (Å²) < 4.78 is 61.3. The number of carbonyl (C=O) groups is 3. The van der Waals surface area contributed by atoms with Crippen LogP contribution in [0.3, 0.4) is 0 Å². The van der Waals surface area contributed by atoms with Gasteiger partial charge in [0.25, 0.3) is 5.91 Å². The number of benzene rings is 1. The van der Waals surface area contributed by atoms with Crippen LogP contribution in [0.1, 0.15) is 32.8 Å². The molecule has 0 saturated heterocycles. The molecule has 43 heavy (non-hydrogen) atoms. The molecule has 0 radical (unpaired) electrons. The highest BCUT2D eigenvalue weighted by Gasteiger charge is 2.39. The molecule has 1 amide bonds. The number of nitrogens with zero attached hydrogens (tertiary/aromatic N) is 5. The molecule has 4 aromatic rings. The normalized spacial score (nSPS) is 17.1. The number of imidazole rings is 1. The number of aliphatic carboxylic acids is 1. The molecule has 1 fully saturated rings. The lowest BCUT2D eigenvalue weighted by Gasteiger charge is -2.20. The number of alkyl halides is 4. The summed E-state index contributed by atoms with van der Waals surface area (Å²) in [6.07, 6.45) is -1.62. The van der Waals surface area contributed by atoms with Crippen molar-refractivity contribution in [2.45, 2.75) is 31.2 Å². The molecule has 0 spiro atoms. The Labute approximate surface area is 239 Å². The van der Waals surface area contributed by atoms with Crippen LogP contribution < -0.4 is 15.5 Å². The van der Waals surface area contributed by atoms with Gasteiger partial charge >= 0.3 is 12.1 Å². The van der Waals surface area contributed by atoms with Crippen molar-refractivity contribution >= 4 is 41.0 Å². The van der Waals surface area contributed by atoms with Gasteiger partial charge in [-0.2, -0.15) is 13.2 Å². The second kappa shape index (κ2) is 11.3. The quantitative estimate of drug-likeness (QED) is 0.221. The van der Waals surface area contributed by atoms with Crippen LogP contribution in [-0.2, 0) is 11.2 Å². The van der Waals surface area contributed by atoms with Crippen molar-refractivity contribution in [3.8, 4) is 11.3 Å². The number of fused-ring (bicyclic) bond motifs is 2. The number of hydrogen-bond acceptors (Lipinski definition) is 8. The summed E-state index contributed by atoms with van der Waals surface area (Å²) in [6.45, 7) is 0.529. The predicted molar refractivity (Wildman–Crippen MR) is 143 cm³/mol. The van der Waals surface area contributed by atoms with Gasteiger partial charge in [0.05, 0.1) is 23.6 Å². The van der Waals surface area contributed by atoms with Crippen molar-refractivity contribution in [2.24, 2.45) is 0 Å². The molecule has 1 saturated carbocycles. The molecule has 0 bridgehead atoms. The van der Waals surface area contributed by atoms with Crippen LogP contribution in [0.2, 0.25) is 0 Å². The summed E-state index contributed by atoms with van der Waals surface area (Å²) in [4.78, 5) is 43.2. The van der Waals surface area contributed by atoms with E-state index in [0.717, 1.165) is 5.56 Å². The Kier molecular flexibility index (Phi) is 7.69. The molecule has 0 unspecified atom stereocenters. The van der Waals surface area contributed by atoms with Crippen LogP contribution in [0.15, 0.2) is 42.7 Å². The third-order valence-electron chi connectivity index (χ3n) is 6.77. The lowest BCUT2D eigenvalue weighted by Crippen LogP contribution is -2.28. The van der Waals surface area contributed by atoms with Crippen LogP contribution >= 0.6 is 0 Å². The second-order valence-electron chi connectivity index (χ2n) is 9.63. The summed E-state index contributed by atoms with van der Waals surface area (Å²) in [5.74, 6) is -3.15. The van der Waals surface area contributed by atoms with Gasteiger partial charge in [0.15, 0.2) is 23.4 Å². The topological polar surface area (TPSA) is 142 Å². The van der Waals surface area contributed by atoms with Gasteiger partial charge in [-0.1, -0.05) is 0 Å². The van der Waals surface area contributed by atoms with Crippen molar-refractivity contribution in [1.29, 1.82) is 0 Å². The molecule has 6 rings (SSSR count). The number of nitrogens with one attached hydrogen (secondary N) is 2. The van der Waals surface area contributed by atoms with Crippen LogP contribution in [0, 0.1) is 5.82 Å². The molecular formula is C27H22F5N7O4. The number of rotatable bonds is 6. The second-order valence-corrected chi connectivity index (χ2v) is 9.63. The van der Waals surface area contributed by atoms with Crippen molar-refractivity contribution < 1.29 is 41.4 Å². The first-order chi connectivity index (χ1) is 20.4. The Balaban J connectivity index is 0.000000472. The molecule has 1 aromatic carbocycles. The van der Waals surface area contributed by atoms with Gasteiger partial charge in [-0.15, -0.1) is 5.10 Å². The van der Waals surface area contributed by atoms with Crippen LogP contribution in [0.4, 0.5) is 39.1 Å². The molecule has 1 aliphatic carbocycles. The minimum absolute atomic E-state index is 0.182. The van der Waals surface area contributed by atoms with E-state index in [1.807, 2.05) is 4.90 Å². The number of hydrogen-bond donors (Lipinski definition) is 3. The Morgan fingerprint density at radius 2 is 1.86 bits per heavy atom. The number of aldehydes is 1. The fourth-order valence-corrected chi connectivity index (χ4v) is 4.55. The van der Waals surface area contributed by atoms with E-state index < -0.39 is 36.1 Å². The summed E-state index contributed by atoms with van der Waals surface area (Å²) in [5.41, 5.74) is 4.45. The lowest BCUT2D eigenvalue weighted by atomic mass is 10.0. The fourth-order valence-electron chi connectivity index (χ4n) is 4.55. The number of carboxylic acids is 1. The fraction of sp³-hybridized carbons (Fsp3) is 0.259. The molecule has 2 aliphatic rings. The number of carboxylic acid groups (broad SMARTS) is 1. The van der Waals surface area contributed by atoms with E-state index in [2.05, 4.69) is 25.7 Å². The monoisotopic (exact) mass is 603 g/mol. The first-order valence-corrected chi connectivity index (χ1v) is 12.7.